The van der Waals surface area contributed by atoms with Crippen molar-refractivity contribution in [2.75, 3.05) is 4.72 Å². The first-order valence-corrected chi connectivity index (χ1v) is 16.3. The maximum atomic E-state index is 13.6. The van der Waals surface area contributed by atoms with Crippen molar-refractivity contribution in [3.8, 4) is 5.75 Å². The van der Waals surface area contributed by atoms with E-state index in [1.807, 2.05) is 52.8 Å². The van der Waals surface area contributed by atoms with Gasteiger partial charge in [-0.2, -0.15) is 0 Å². The number of anilines is 1. The largest absolute Gasteiger partial charge is 0.508 e. The summed E-state index contributed by atoms with van der Waals surface area (Å²) in [7, 11) is -3.86. The number of carbonyl (C=O) groups is 2. The van der Waals surface area contributed by atoms with Crippen molar-refractivity contribution < 1.29 is 27.9 Å². The van der Waals surface area contributed by atoms with E-state index in [9.17, 15) is 23.1 Å². The maximum Gasteiger partial charge on any atom is 0.327 e. The summed E-state index contributed by atoms with van der Waals surface area (Å²) < 4.78 is 34.8. The molecule has 0 amide bonds. The number of thioether (sulfide) groups is 1. The Kier molecular flexibility index (Phi) is 9.08. The maximum absolute atomic E-state index is 13.6. The van der Waals surface area contributed by atoms with Gasteiger partial charge in [-0.1, -0.05) is 46.8 Å². The van der Waals surface area contributed by atoms with Crippen LogP contribution in [0.5, 0.6) is 5.75 Å². The number of sulfonamides is 1. The number of ether oxygens (including phenoxy) is 1. The normalized spacial score (nSPS) is 19.5. The third-order valence-electron chi connectivity index (χ3n) is 7.68. The van der Waals surface area contributed by atoms with Crippen molar-refractivity contribution in [2.24, 2.45) is 5.92 Å². The van der Waals surface area contributed by atoms with Crippen molar-refractivity contribution in [3.63, 3.8) is 0 Å². The molecular weight excluding hydrogens is 572 g/mol. The van der Waals surface area contributed by atoms with Gasteiger partial charge in [-0.25, -0.2) is 8.42 Å². The number of Topliss-reactive ketones (excluding diaryl/α,β-unsaturated/α-hetero) is 1. The van der Waals surface area contributed by atoms with E-state index >= 15 is 0 Å². The predicted molar refractivity (Wildman–Crippen MR) is 164 cm³/mol. The standard InChI is InChI=1S/C32H38N2O6S2/c1-20(2)32(14-13-22-9-11-23(35)12-10-22)18-27(36)29(30(37)40-32)41-28-16-21(3)26(17-25(28)31(4,5)6)34-42(38,39)24-8-7-15-33-19-24/h7-12,15-17,19-20,29,34-35H,13-14,18H2,1-6H3/t29?,32-/m1/s1. The van der Waals surface area contributed by atoms with Crippen LogP contribution in [-0.4, -0.2) is 41.1 Å². The van der Waals surface area contributed by atoms with Crippen molar-refractivity contribution in [2.45, 2.75) is 86.9 Å². The number of benzene rings is 2. The van der Waals surface area contributed by atoms with Gasteiger partial charge >= 0.3 is 5.97 Å². The summed E-state index contributed by atoms with van der Waals surface area (Å²) >= 11 is 1.16. The second kappa shape index (κ2) is 12.1. The van der Waals surface area contributed by atoms with E-state index in [0.717, 1.165) is 27.8 Å². The molecule has 3 aromatic rings. The number of rotatable bonds is 9. The fraction of sp³-hybridized carbons (Fsp3) is 0.406. The van der Waals surface area contributed by atoms with Crippen LogP contribution in [0.2, 0.25) is 0 Å². The molecule has 1 saturated heterocycles. The molecule has 0 spiro atoms. The van der Waals surface area contributed by atoms with Crippen LogP contribution in [0.1, 0.15) is 64.2 Å². The lowest BCUT2D eigenvalue weighted by atomic mass is 9.78. The van der Waals surface area contributed by atoms with Gasteiger partial charge in [-0.3, -0.25) is 19.3 Å². The molecule has 224 valence electrons. The number of nitrogens with zero attached hydrogens (tertiary/aromatic N) is 1. The zero-order chi connectivity index (χ0) is 30.9. The van der Waals surface area contributed by atoms with Gasteiger partial charge in [0.1, 0.15) is 16.2 Å². The molecule has 42 heavy (non-hydrogen) atoms. The Labute approximate surface area is 252 Å². The minimum atomic E-state index is -3.86. The minimum absolute atomic E-state index is 0.0507. The number of hydrogen-bond donors (Lipinski definition) is 2. The number of pyridine rings is 1. The van der Waals surface area contributed by atoms with E-state index in [4.69, 9.17) is 4.74 Å². The molecule has 2 N–H and O–H groups in total. The van der Waals surface area contributed by atoms with Crippen molar-refractivity contribution in [3.05, 3.63) is 77.6 Å². The van der Waals surface area contributed by atoms with Gasteiger partial charge in [0.15, 0.2) is 11.0 Å². The first-order valence-electron chi connectivity index (χ1n) is 13.9. The average molecular weight is 611 g/mol. The highest BCUT2D eigenvalue weighted by Gasteiger charge is 2.49. The molecule has 0 bridgehead atoms. The van der Waals surface area contributed by atoms with E-state index in [1.165, 1.54) is 18.5 Å². The van der Waals surface area contributed by atoms with E-state index < -0.39 is 32.3 Å². The van der Waals surface area contributed by atoms with Gasteiger partial charge in [0.05, 0.1) is 5.69 Å². The van der Waals surface area contributed by atoms with Crippen molar-refractivity contribution in [1.29, 1.82) is 0 Å². The van der Waals surface area contributed by atoms with Crippen molar-refractivity contribution in [1.82, 2.24) is 4.98 Å². The first kappa shape index (κ1) is 31.6. The van der Waals surface area contributed by atoms with Crippen LogP contribution in [0.25, 0.3) is 0 Å². The number of aryl methyl sites for hydroxylation is 2. The number of ketones is 1. The summed E-state index contributed by atoms with van der Waals surface area (Å²) in [5.74, 6) is -0.641. The second-order valence-electron chi connectivity index (χ2n) is 12.2. The number of hydrogen-bond acceptors (Lipinski definition) is 8. The molecule has 8 nitrogen and oxygen atoms in total. The second-order valence-corrected chi connectivity index (χ2v) is 15.0. The highest BCUT2D eigenvalue weighted by Crippen LogP contribution is 2.43. The lowest BCUT2D eigenvalue weighted by Gasteiger charge is -2.41. The quantitative estimate of drug-likeness (QED) is 0.217. The highest BCUT2D eigenvalue weighted by molar-refractivity contribution is 8.01. The highest BCUT2D eigenvalue weighted by atomic mass is 32.2. The number of esters is 1. The average Bonchev–Trinajstić information content (AvgIpc) is 2.91. The number of aromatic nitrogens is 1. The first-order chi connectivity index (χ1) is 19.6. The Bertz CT molecular complexity index is 1540. The third kappa shape index (κ3) is 6.98. The van der Waals surface area contributed by atoms with E-state index in [1.54, 1.807) is 31.2 Å². The number of aromatic hydroxyl groups is 1. The minimum Gasteiger partial charge on any atom is -0.508 e. The van der Waals surface area contributed by atoms with E-state index in [2.05, 4.69) is 9.71 Å². The third-order valence-corrected chi connectivity index (χ3v) is 10.3. The Morgan fingerprint density at radius 2 is 1.83 bits per heavy atom. The molecule has 2 heterocycles. The molecule has 1 aliphatic heterocycles. The van der Waals surface area contributed by atoms with E-state index in [-0.39, 0.29) is 28.8 Å². The van der Waals surface area contributed by atoms with Crippen LogP contribution in [0, 0.1) is 12.8 Å². The van der Waals surface area contributed by atoms with Crippen LogP contribution in [0.4, 0.5) is 5.69 Å². The monoisotopic (exact) mass is 610 g/mol. The van der Waals surface area contributed by atoms with Gasteiger partial charge in [-0.05, 0) is 84.2 Å². The summed E-state index contributed by atoms with van der Waals surface area (Å²) in [4.78, 5) is 31.7. The fourth-order valence-electron chi connectivity index (χ4n) is 5.00. The lowest BCUT2D eigenvalue weighted by molar-refractivity contribution is -0.176. The number of carbonyl (C=O) groups excluding carboxylic acids is 2. The summed E-state index contributed by atoms with van der Waals surface area (Å²) in [5, 5.41) is 8.56. The zero-order valence-electron chi connectivity index (χ0n) is 24.8. The molecule has 0 radical (unpaired) electrons. The SMILES string of the molecule is Cc1cc(SC2C(=O)C[C@](CCc3ccc(O)cc3)(C(C)C)OC2=O)c(C(C)(C)C)cc1NS(=O)(=O)c1cccnc1. The van der Waals surface area contributed by atoms with Gasteiger partial charge < -0.3 is 9.84 Å². The van der Waals surface area contributed by atoms with Gasteiger partial charge in [0, 0.05) is 23.7 Å². The van der Waals surface area contributed by atoms with Crippen LogP contribution >= 0.6 is 11.8 Å². The Hall–Kier alpha value is -3.37. The van der Waals surface area contributed by atoms with Gasteiger partial charge in [0.2, 0.25) is 0 Å². The molecule has 10 heteroatoms. The Morgan fingerprint density at radius 3 is 2.40 bits per heavy atom. The molecule has 4 rings (SSSR count). The predicted octanol–water partition coefficient (Wildman–Crippen LogP) is 6.20. The van der Waals surface area contributed by atoms with Crippen LogP contribution in [-0.2, 0) is 36.2 Å². The number of phenolic OH excluding ortho intramolecular Hbond substituents is 1. The molecule has 1 fully saturated rings. The summed E-state index contributed by atoms with van der Waals surface area (Å²) in [6.07, 6.45) is 3.99. The number of phenols is 1. The lowest BCUT2D eigenvalue weighted by Crippen LogP contribution is -2.52. The number of nitrogens with one attached hydrogen (secondary N) is 1. The molecule has 1 aromatic heterocycles. The van der Waals surface area contributed by atoms with Crippen LogP contribution in [0.15, 0.2) is 70.7 Å². The van der Waals surface area contributed by atoms with Crippen LogP contribution < -0.4 is 4.72 Å². The molecule has 2 atom stereocenters. The van der Waals surface area contributed by atoms with Crippen molar-refractivity contribution >= 4 is 39.2 Å². The fourth-order valence-corrected chi connectivity index (χ4v) is 7.44. The summed E-state index contributed by atoms with van der Waals surface area (Å²) in [6.45, 7) is 11.7. The Balaban J connectivity index is 1.58. The molecule has 1 unspecified atom stereocenters. The van der Waals surface area contributed by atoms with Gasteiger partial charge in [-0.15, -0.1) is 11.8 Å². The molecule has 2 aromatic carbocycles. The molecule has 0 aliphatic carbocycles. The van der Waals surface area contributed by atoms with Gasteiger partial charge in [0.25, 0.3) is 10.0 Å². The van der Waals surface area contributed by atoms with E-state index in [0.29, 0.717) is 24.1 Å². The summed E-state index contributed by atoms with van der Waals surface area (Å²) in [6, 6.07) is 13.5. The molecule has 1 aliphatic rings. The number of cyclic esters (lactones) is 1. The smallest absolute Gasteiger partial charge is 0.327 e. The van der Waals surface area contributed by atoms with Crippen LogP contribution in [0.3, 0.4) is 0 Å². The Morgan fingerprint density at radius 1 is 1.14 bits per heavy atom. The molecule has 0 saturated carbocycles. The topological polar surface area (TPSA) is 123 Å². The summed E-state index contributed by atoms with van der Waals surface area (Å²) in [5.41, 5.74) is 1.52. The zero-order valence-corrected chi connectivity index (χ0v) is 26.4. The molecular formula is C32H38N2O6S2.